The number of halogens is 6. The van der Waals surface area contributed by atoms with E-state index in [1.165, 1.54) is 121 Å². The lowest BCUT2D eigenvalue weighted by Crippen LogP contribution is -2.13. The van der Waals surface area contributed by atoms with Crippen LogP contribution in [0.2, 0.25) is 0 Å². The first kappa shape index (κ1) is 95.2. The predicted molar refractivity (Wildman–Crippen MR) is 576 cm³/mol. The van der Waals surface area contributed by atoms with E-state index in [0.717, 1.165) is 114 Å². The van der Waals surface area contributed by atoms with Gasteiger partial charge in [0.05, 0.1) is 28.4 Å². The fraction of sp³-hybridized carbons (Fsp3) is 0.143. The zero-order chi connectivity index (χ0) is 89.7. The van der Waals surface area contributed by atoms with E-state index < -0.39 is 0 Å². The van der Waals surface area contributed by atoms with Gasteiger partial charge in [0.2, 0.25) is 0 Å². The summed E-state index contributed by atoms with van der Waals surface area (Å²) in [5, 5.41) is 7.92. The molecular weight excluding hydrogens is 2030 g/mol. The van der Waals surface area contributed by atoms with Gasteiger partial charge in [-0.1, -0.05) is 313 Å². The Hall–Kier alpha value is -10.3. The number of hydrogen-bond acceptors (Lipinski definition) is 10. The zero-order valence-corrected chi connectivity index (χ0v) is 84.8. The molecule has 3 aromatic heterocycles. The van der Waals surface area contributed by atoms with Crippen LogP contribution in [0.3, 0.4) is 0 Å². The van der Waals surface area contributed by atoms with Crippen LogP contribution in [0.15, 0.2) is 397 Å². The molecule has 16 aromatic carbocycles. The lowest BCUT2D eigenvalue weighted by molar-refractivity contribution is 0.414. The van der Waals surface area contributed by atoms with E-state index in [2.05, 4.69) is 435 Å². The summed E-state index contributed by atoms with van der Waals surface area (Å²) in [5.41, 5.74) is 14.9. The van der Waals surface area contributed by atoms with Gasteiger partial charge in [0.1, 0.15) is 23.0 Å². The van der Waals surface area contributed by atoms with E-state index >= 15 is 0 Å². The molecule has 19 rings (SSSR count). The van der Waals surface area contributed by atoms with Crippen LogP contribution in [0.4, 0.5) is 51.2 Å². The van der Waals surface area contributed by atoms with Crippen LogP contribution in [-0.2, 0) is 12.8 Å². The molecule has 0 saturated heterocycles. The molecule has 19 aromatic rings. The lowest BCUT2D eigenvalue weighted by atomic mass is 10.0. The second-order valence-electron chi connectivity index (χ2n) is 30.2. The smallest absolute Gasteiger partial charge is 0.119 e. The third-order valence-electron chi connectivity index (χ3n) is 21.1. The maximum atomic E-state index is 5.46. The Bertz CT molecular complexity index is 6550. The minimum absolute atomic E-state index is 0.810. The Kier molecular flexibility index (Phi) is 36.0. The number of para-hydroxylation sites is 2. The highest BCUT2D eigenvalue weighted by molar-refractivity contribution is 9.12. The molecule has 0 spiro atoms. The largest absolute Gasteiger partial charge is 0.497 e. The van der Waals surface area contributed by atoms with E-state index in [0.29, 0.717) is 0 Å². The summed E-state index contributed by atoms with van der Waals surface area (Å²) in [7, 11) is 6.73. The average molecular weight is 2130 g/mol. The van der Waals surface area contributed by atoms with Crippen molar-refractivity contribution >= 4 is 241 Å². The summed E-state index contributed by atoms with van der Waals surface area (Å²) >= 11 is 26.7. The summed E-state index contributed by atoms with van der Waals surface area (Å²) in [4.78, 5) is 6.85. The number of thiophene rings is 3. The second kappa shape index (κ2) is 48.3. The van der Waals surface area contributed by atoms with Crippen molar-refractivity contribution in [1.82, 2.24) is 0 Å². The normalized spacial score (nSPS) is 10.7. The Labute approximate surface area is 816 Å². The van der Waals surface area contributed by atoms with Crippen LogP contribution < -0.4 is 33.6 Å². The maximum absolute atomic E-state index is 5.46. The topological polar surface area (TPSA) is 46.6 Å². The third-order valence-corrected chi connectivity index (χ3v) is 27.3. The molecule has 7 nitrogen and oxygen atoms in total. The van der Waals surface area contributed by atoms with Crippen LogP contribution in [0.5, 0.6) is 23.0 Å². The van der Waals surface area contributed by atoms with Crippen LogP contribution in [0, 0.1) is 0 Å². The fourth-order valence-corrected chi connectivity index (χ4v) is 22.2. The van der Waals surface area contributed by atoms with Crippen molar-refractivity contribution in [3.8, 4) is 23.0 Å². The van der Waals surface area contributed by atoms with Gasteiger partial charge in [-0.25, -0.2) is 0 Å². The summed E-state index contributed by atoms with van der Waals surface area (Å²) in [6, 6.07) is 129. The van der Waals surface area contributed by atoms with Crippen molar-refractivity contribution in [1.29, 1.82) is 0 Å². The summed E-state index contributed by atoms with van der Waals surface area (Å²) < 4.78 is 35.4. The molecule has 0 radical (unpaired) electrons. The number of hydrogen-bond donors (Lipinski definition) is 0. The molecule has 0 atom stereocenters. The maximum Gasteiger partial charge on any atom is 0.119 e. The van der Waals surface area contributed by atoms with Gasteiger partial charge in [-0.2, -0.15) is 0 Å². The van der Waals surface area contributed by atoms with E-state index in [1.54, 1.807) is 28.4 Å². The van der Waals surface area contributed by atoms with Crippen molar-refractivity contribution in [2.75, 3.05) is 43.1 Å². The van der Waals surface area contributed by atoms with E-state index in [-0.39, 0.29) is 0 Å². The fourth-order valence-electron chi connectivity index (χ4n) is 14.8. The molecule has 0 N–H and O–H groups in total. The summed E-state index contributed by atoms with van der Waals surface area (Å²) in [6.45, 7) is 8.85. The molecule has 0 saturated carbocycles. The van der Waals surface area contributed by atoms with Crippen molar-refractivity contribution in [2.24, 2.45) is 0 Å². The Balaban J connectivity index is 0.000000143. The highest BCUT2D eigenvalue weighted by Gasteiger charge is 2.22. The van der Waals surface area contributed by atoms with Gasteiger partial charge >= 0.3 is 0 Å². The number of nitrogens with zero attached hydrogens (tertiary/aromatic N) is 3. The van der Waals surface area contributed by atoms with Gasteiger partial charge in [-0.3, -0.25) is 0 Å². The van der Waals surface area contributed by atoms with Gasteiger partial charge in [0.15, 0.2) is 0 Å². The number of ether oxygens (including phenoxy) is 4. The molecule has 0 fully saturated rings. The molecular formula is C112H101Br6N3O4S3. The molecule has 0 amide bonds. The quantitative estimate of drug-likeness (QED) is 0.0710. The molecule has 0 aliphatic heterocycles. The monoisotopic (exact) mass is 2120 g/mol. The number of methoxy groups -OCH3 is 4. The summed E-state index contributed by atoms with van der Waals surface area (Å²) in [5.74, 6) is 3.40. The van der Waals surface area contributed by atoms with Gasteiger partial charge in [0.25, 0.3) is 0 Å². The van der Waals surface area contributed by atoms with E-state index in [1.807, 2.05) is 107 Å². The Morgan fingerprint density at radius 3 is 0.789 bits per heavy atom. The van der Waals surface area contributed by atoms with E-state index in [4.69, 9.17) is 18.9 Å². The Morgan fingerprint density at radius 2 is 0.445 bits per heavy atom. The highest BCUT2D eigenvalue weighted by atomic mass is 79.9. The van der Waals surface area contributed by atoms with Crippen molar-refractivity contribution in [2.45, 2.75) is 79.1 Å². The SMILES string of the molecule is Brc1cc(Br)cc(Br)c1.Brc1cc(Br)cc(N(c2ccccc2)c2ccc3sc4ccccc4c3c2)c1.CCCCC.CCCCC.COc1ccc(Cc2ccc(OC)cc2)cc1.COc1ccc(N(c2ccc(OC)cc2)c2cc(Br)cc(N(c3ccccc3)c3ccc4sc5ccccc5c4c3)c2)cc1.c1ccc(Cc2ccc3sc4ccccc4c3c2)cc1. The van der Waals surface area contributed by atoms with Gasteiger partial charge in [-0.15, -0.1) is 34.0 Å². The molecule has 0 aliphatic rings. The molecule has 3 heterocycles. The molecule has 648 valence electrons. The highest BCUT2D eigenvalue weighted by Crippen LogP contribution is 2.47. The number of rotatable bonds is 21. The van der Waals surface area contributed by atoms with Crippen LogP contribution in [-0.4, -0.2) is 28.4 Å². The number of unbranched alkanes of at least 4 members (excludes halogenated alkanes) is 4. The van der Waals surface area contributed by atoms with Crippen LogP contribution in [0.1, 0.15) is 88.5 Å². The van der Waals surface area contributed by atoms with Crippen molar-refractivity contribution in [3.05, 3.63) is 419 Å². The van der Waals surface area contributed by atoms with Gasteiger partial charge in [0, 0.05) is 139 Å². The number of anilines is 9. The molecule has 0 bridgehead atoms. The van der Waals surface area contributed by atoms with Crippen molar-refractivity contribution in [3.63, 3.8) is 0 Å². The minimum Gasteiger partial charge on any atom is -0.497 e. The molecule has 16 heteroatoms. The molecule has 0 aliphatic carbocycles. The van der Waals surface area contributed by atoms with Crippen molar-refractivity contribution < 1.29 is 18.9 Å². The first-order valence-electron chi connectivity index (χ1n) is 42.7. The second-order valence-corrected chi connectivity index (χ2v) is 38.9. The van der Waals surface area contributed by atoms with Crippen LogP contribution in [0.25, 0.3) is 60.5 Å². The molecule has 128 heavy (non-hydrogen) atoms. The third kappa shape index (κ3) is 26.0. The van der Waals surface area contributed by atoms with Crippen LogP contribution >= 0.6 is 130 Å². The number of benzene rings is 16. The van der Waals surface area contributed by atoms with E-state index in [9.17, 15) is 0 Å². The first-order valence-corrected chi connectivity index (χ1v) is 49.9. The first-order chi connectivity index (χ1) is 62.5. The molecule has 0 unspecified atom stereocenters. The summed E-state index contributed by atoms with van der Waals surface area (Å²) in [6.07, 6.45) is 10.1. The standard InChI is InChI=1S/C38H29BrN2O2S.C24H15Br2NS.C19H14S.C15H16O2.C6H3Br3.2C5H12/c1-42-33-17-12-28(13-18-33)40(29-14-19-34(43-2)20-15-29)31-22-26(39)23-32(24-31)41(27-8-4-3-5-9-27)30-16-21-38-36(25-30)35-10-6-7-11-37(35)44-38;25-16-12-17(26)14-20(13-16)27(18-6-2-1-3-7-18)19-10-11-24-22(15-19)21-8-4-5-9-23(21)28-24;1-2-6-14(7-3-1)12-15-10-11-19-17(13-15)16-8-4-5-9-18(16)20-19;1-16-14-7-3-12(4-8-14)11-13-5-9-15(17-2)10-6-13;7-4-1-5(8)3-6(9)2-4;2*1-3-5-4-2/h3-25H,1-2H3;1-15H;1-11,13H,12H2;3-10H,11H2,1-2H3;1-3H;2*3-5H2,1-2H3. The lowest BCUT2D eigenvalue weighted by Gasteiger charge is -2.30. The number of fused-ring (bicyclic) bond motifs is 9. The average Bonchev–Trinajstić information content (AvgIpc) is 1.63. The predicted octanol–water partition coefficient (Wildman–Crippen LogP) is 38.1. The minimum atomic E-state index is 0.810. The zero-order valence-electron chi connectivity index (χ0n) is 72.8. The Morgan fingerprint density at radius 1 is 0.203 bits per heavy atom. The van der Waals surface area contributed by atoms with Gasteiger partial charge in [-0.05, 0) is 253 Å². The van der Waals surface area contributed by atoms with Gasteiger partial charge < -0.3 is 33.6 Å².